The molecule has 0 radical (unpaired) electrons. The summed E-state index contributed by atoms with van der Waals surface area (Å²) in [5, 5.41) is 3.64. The van der Waals surface area contributed by atoms with Crippen molar-refractivity contribution in [2.24, 2.45) is 5.73 Å². The van der Waals surface area contributed by atoms with E-state index in [4.69, 9.17) is 23.8 Å². The third kappa shape index (κ3) is 3.62. The standard InChI is InChI=1S/C19H18ClN3OS/c1-2-3-11-17(24)22-19-23(15-9-4-5-10-16(15)25-19)18-13(12-21)7-6-8-14(18)20/h1,4-10,19H,3,11-12,21H2,(H,22,24). The Kier molecular flexibility index (Phi) is 5.54. The number of hydrogen-bond acceptors (Lipinski definition) is 4. The summed E-state index contributed by atoms with van der Waals surface area (Å²) in [4.78, 5) is 15.3. The number of amides is 1. The molecule has 2 aromatic rings. The lowest BCUT2D eigenvalue weighted by Gasteiger charge is -2.29. The molecule has 3 N–H and O–H groups in total. The second kappa shape index (κ2) is 7.83. The van der Waals surface area contributed by atoms with Gasteiger partial charge in [0.2, 0.25) is 5.91 Å². The van der Waals surface area contributed by atoms with Crippen molar-refractivity contribution in [2.45, 2.75) is 29.8 Å². The molecule has 1 aliphatic heterocycles. The number of terminal acetylenes is 1. The van der Waals surface area contributed by atoms with Crippen LogP contribution in [0.1, 0.15) is 18.4 Å². The number of rotatable bonds is 5. The number of carbonyl (C=O) groups is 1. The summed E-state index contributed by atoms with van der Waals surface area (Å²) < 4.78 is 0. The maximum atomic E-state index is 12.2. The van der Waals surface area contributed by atoms with Gasteiger partial charge in [-0.3, -0.25) is 4.79 Å². The van der Waals surface area contributed by atoms with Crippen molar-refractivity contribution in [3.8, 4) is 12.3 Å². The topological polar surface area (TPSA) is 58.4 Å². The number of carbonyl (C=O) groups excluding carboxylic acids is 1. The number of anilines is 2. The van der Waals surface area contributed by atoms with Crippen LogP contribution in [0.5, 0.6) is 0 Å². The molecule has 0 bridgehead atoms. The van der Waals surface area contributed by atoms with Crippen molar-refractivity contribution in [1.29, 1.82) is 0 Å². The van der Waals surface area contributed by atoms with Gasteiger partial charge in [0.1, 0.15) is 0 Å². The smallest absolute Gasteiger partial charge is 0.223 e. The van der Waals surface area contributed by atoms with E-state index in [0.29, 0.717) is 24.4 Å². The van der Waals surface area contributed by atoms with Gasteiger partial charge in [-0.25, -0.2) is 0 Å². The molecule has 6 heteroatoms. The van der Waals surface area contributed by atoms with Crippen LogP contribution >= 0.6 is 23.4 Å². The van der Waals surface area contributed by atoms with Crippen LogP contribution in [0, 0.1) is 12.3 Å². The van der Waals surface area contributed by atoms with Gasteiger partial charge in [0, 0.05) is 24.3 Å². The van der Waals surface area contributed by atoms with E-state index in [0.717, 1.165) is 21.8 Å². The molecule has 25 heavy (non-hydrogen) atoms. The molecule has 4 nitrogen and oxygen atoms in total. The summed E-state index contributed by atoms with van der Waals surface area (Å²) in [6.45, 7) is 0.358. The lowest BCUT2D eigenvalue weighted by atomic mass is 10.1. The monoisotopic (exact) mass is 371 g/mol. The molecule has 2 aromatic carbocycles. The summed E-state index contributed by atoms with van der Waals surface area (Å²) in [6.07, 6.45) is 5.96. The Hall–Kier alpha value is -2.13. The van der Waals surface area contributed by atoms with Gasteiger partial charge in [0.05, 0.1) is 16.4 Å². The number of fused-ring (bicyclic) bond motifs is 1. The highest BCUT2D eigenvalue weighted by atomic mass is 35.5. The molecule has 0 spiro atoms. The average Bonchev–Trinajstić information content (AvgIpc) is 2.97. The molecular weight excluding hydrogens is 354 g/mol. The van der Waals surface area contributed by atoms with Crippen LogP contribution < -0.4 is 16.0 Å². The SMILES string of the molecule is C#CCCC(=O)NC1Sc2ccccc2N1c1c(Cl)cccc1CN. The number of halogens is 1. The van der Waals surface area contributed by atoms with E-state index in [1.165, 1.54) is 0 Å². The van der Waals surface area contributed by atoms with E-state index in [2.05, 4.69) is 11.2 Å². The fraction of sp³-hybridized carbons (Fsp3) is 0.211. The second-order valence-electron chi connectivity index (χ2n) is 5.53. The molecule has 3 rings (SSSR count). The maximum Gasteiger partial charge on any atom is 0.223 e. The highest BCUT2D eigenvalue weighted by Gasteiger charge is 2.34. The molecule has 1 amide bonds. The highest BCUT2D eigenvalue weighted by Crippen LogP contribution is 2.49. The summed E-state index contributed by atoms with van der Waals surface area (Å²) >= 11 is 8.07. The van der Waals surface area contributed by atoms with E-state index >= 15 is 0 Å². The van der Waals surface area contributed by atoms with Crippen molar-refractivity contribution in [3.63, 3.8) is 0 Å². The van der Waals surface area contributed by atoms with Gasteiger partial charge in [-0.05, 0) is 23.8 Å². The number of hydrogen-bond donors (Lipinski definition) is 2. The summed E-state index contributed by atoms with van der Waals surface area (Å²) in [5.74, 6) is 2.40. The van der Waals surface area contributed by atoms with Crippen LogP contribution in [0.2, 0.25) is 5.02 Å². The Balaban J connectivity index is 2.00. The third-order valence-electron chi connectivity index (χ3n) is 3.91. The van der Waals surface area contributed by atoms with Gasteiger partial charge in [-0.2, -0.15) is 0 Å². The minimum Gasteiger partial charge on any atom is -0.327 e. The van der Waals surface area contributed by atoms with Crippen LogP contribution in [0.15, 0.2) is 47.4 Å². The molecule has 1 unspecified atom stereocenters. The van der Waals surface area contributed by atoms with Gasteiger partial charge >= 0.3 is 0 Å². The molecule has 1 aliphatic rings. The molecule has 0 saturated carbocycles. The van der Waals surface area contributed by atoms with Gasteiger partial charge in [0.25, 0.3) is 0 Å². The Morgan fingerprint density at radius 3 is 2.88 bits per heavy atom. The van der Waals surface area contributed by atoms with E-state index in [-0.39, 0.29) is 11.4 Å². The van der Waals surface area contributed by atoms with Gasteiger partial charge in [-0.1, -0.05) is 47.6 Å². The molecule has 1 atom stereocenters. The number of benzene rings is 2. The van der Waals surface area contributed by atoms with Crippen molar-refractivity contribution < 1.29 is 4.79 Å². The molecule has 0 aromatic heterocycles. The van der Waals surface area contributed by atoms with E-state index in [1.807, 2.05) is 47.4 Å². The quantitative estimate of drug-likeness (QED) is 0.783. The van der Waals surface area contributed by atoms with Gasteiger partial charge in [-0.15, -0.1) is 12.3 Å². The molecule has 128 valence electrons. The predicted molar refractivity (Wildman–Crippen MR) is 104 cm³/mol. The first-order valence-electron chi connectivity index (χ1n) is 7.91. The highest BCUT2D eigenvalue weighted by molar-refractivity contribution is 8.00. The maximum absolute atomic E-state index is 12.2. The van der Waals surface area contributed by atoms with Crippen LogP contribution in [0.3, 0.4) is 0 Å². The van der Waals surface area contributed by atoms with Crippen LogP contribution in [0.4, 0.5) is 11.4 Å². The first kappa shape index (κ1) is 17.7. The Bertz CT molecular complexity index is 834. The molecule has 0 saturated heterocycles. The zero-order valence-electron chi connectivity index (χ0n) is 13.5. The fourth-order valence-electron chi connectivity index (χ4n) is 2.78. The van der Waals surface area contributed by atoms with Gasteiger partial charge in [0.15, 0.2) is 5.50 Å². The summed E-state index contributed by atoms with van der Waals surface area (Å²) in [7, 11) is 0. The van der Waals surface area contributed by atoms with Crippen molar-refractivity contribution in [1.82, 2.24) is 5.32 Å². The second-order valence-corrected chi connectivity index (χ2v) is 7.06. The normalized spacial score (nSPS) is 15.6. The lowest BCUT2D eigenvalue weighted by Crippen LogP contribution is -2.42. The van der Waals surface area contributed by atoms with Crippen LogP contribution in [-0.4, -0.2) is 11.4 Å². The third-order valence-corrected chi connectivity index (χ3v) is 5.37. The predicted octanol–water partition coefficient (Wildman–Crippen LogP) is 3.86. The van der Waals surface area contributed by atoms with Crippen molar-refractivity contribution in [2.75, 3.05) is 4.90 Å². The minimum atomic E-state index is -0.298. The fourth-order valence-corrected chi connectivity index (χ4v) is 4.26. The lowest BCUT2D eigenvalue weighted by molar-refractivity contribution is -0.121. The summed E-state index contributed by atoms with van der Waals surface area (Å²) in [6, 6.07) is 13.6. The van der Waals surface area contributed by atoms with Crippen LogP contribution in [0.25, 0.3) is 0 Å². The number of nitrogens with one attached hydrogen (secondary N) is 1. The number of para-hydroxylation sites is 2. The Labute approximate surface area is 156 Å². The number of nitrogens with zero attached hydrogens (tertiary/aromatic N) is 1. The van der Waals surface area contributed by atoms with Crippen molar-refractivity contribution >= 4 is 40.6 Å². The van der Waals surface area contributed by atoms with E-state index in [9.17, 15) is 4.79 Å². The molecular formula is C19H18ClN3OS. The molecule has 1 heterocycles. The number of thioether (sulfide) groups is 1. The zero-order valence-corrected chi connectivity index (χ0v) is 15.1. The zero-order chi connectivity index (χ0) is 17.8. The first-order chi connectivity index (χ1) is 12.2. The van der Waals surface area contributed by atoms with Gasteiger partial charge < -0.3 is 16.0 Å². The Morgan fingerprint density at radius 2 is 2.12 bits per heavy atom. The Morgan fingerprint density at radius 1 is 1.32 bits per heavy atom. The number of nitrogens with two attached hydrogens (primary N) is 1. The first-order valence-corrected chi connectivity index (χ1v) is 9.16. The minimum absolute atomic E-state index is 0.0883. The average molecular weight is 372 g/mol. The summed E-state index contributed by atoms with van der Waals surface area (Å²) in [5.41, 5.74) is 8.37. The molecule has 0 fully saturated rings. The van der Waals surface area contributed by atoms with E-state index in [1.54, 1.807) is 11.8 Å². The molecule has 0 aliphatic carbocycles. The van der Waals surface area contributed by atoms with E-state index < -0.39 is 0 Å². The largest absolute Gasteiger partial charge is 0.327 e. The van der Waals surface area contributed by atoms with Crippen LogP contribution in [-0.2, 0) is 11.3 Å². The van der Waals surface area contributed by atoms with Crippen molar-refractivity contribution in [3.05, 3.63) is 53.1 Å².